The first-order chi connectivity index (χ1) is 17.7. The number of hydrogen-bond donors (Lipinski definition) is 2. The van der Waals surface area contributed by atoms with Gasteiger partial charge in [-0.15, -0.1) is 0 Å². The van der Waals surface area contributed by atoms with Gasteiger partial charge in [-0.25, -0.2) is 4.79 Å². The molecule has 1 unspecified atom stereocenters. The molecule has 0 radical (unpaired) electrons. The molecule has 3 aromatic rings. The molecule has 7 heteroatoms. The molecule has 7 nitrogen and oxygen atoms in total. The summed E-state index contributed by atoms with van der Waals surface area (Å²) >= 11 is 0. The summed E-state index contributed by atoms with van der Waals surface area (Å²) in [5.41, 5.74) is 2.70. The van der Waals surface area contributed by atoms with Crippen molar-refractivity contribution in [3.63, 3.8) is 0 Å². The number of β-amino-alcohol motifs (C(OH)–C–C–N with tert-alkyl or cyclic N) is 1. The smallest absolute Gasteiger partial charge is 0.342 e. The molecule has 3 aromatic carbocycles. The fourth-order valence-electron chi connectivity index (χ4n) is 4.17. The molecule has 2 N–H and O–H groups in total. The lowest BCUT2D eigenvalue weighted by Gasteiger charge is -2.28. The Morgan fingerprint density at radius 3 is 2.51 bits per heavy atom. The summed E-state index contributed by atoms with van der Waals surface area (Å²) in [6.45, 7) is 8.63. The summed E-state index contributed by atoms with van der Waals surface area (Å²) in [7, 11) is 0. The first-order valence-corrected chi connectivity index (χ1v) is 12.5. The van der Waals surface area contributed by atoms with Crippen molar-refractivity contribution in [1.29, 1.82) is 0 Å². The molecule has 1 heterocycles. The van der Waals surface area contributed by atoms with Crippen molar-refractivity contribution in [2.75, 3.05) is 13.3 Å². The molecule has 4 rings (SSSR count). The van der Waals surface area contributed by atoms with Gasteiger partial charge >= 0.3 is 5.97 Å². The average molecular weight is 506 g/mol. The van der Waals surface area contributed by atoms with Gasteiger partial charge in [0.25, 0.3) is 0 Å². The van der Waals surface area contributed by atoms with E-state index >= 15 is 0 Å². The quantitative estimate of drug-likeness (QED) is 0.346. The van der Waals surface area contributed by atoms with Crippen molar-refractivity contribution in [2.45, 2.75) is 58.5 Å². The summed E-state index contributed by atoms with van der Waals surface area (Å²) in [5, 5.41) is 14.4. The van der Waals surface area contributed by atoms with Crippen LogP contribution in [0, 0.1) is 0 Å². The molecular formula is C30H35NO6. The van der Waals surface area contributed by atoms with E-state index in [1.807, 2.05) is 48.5 Å². The van der Waals surface area contributed by atoms with Crippen LogP contribution in [0.2, 0.25) is 0 Å². The number of nitrogens with one attached hydrogen (secondary N) is 1. The number of ether oxygens (including phenoxy) is 4. The van der Waals surface area contributed by atoms with Gasteiger partial charge in [0.1, 0.15) is 17.9 Å². The molecule has 0 aromatic heterocycles. The molecule has 1 atom stereocenters. The lowest BCUT2D eigenvalue weighted by molar-refractivity contribution is 0.0372. The molecular weight excluding hydrogens is 470 g/mol. The van der Waals surface area contributed by atoms with E-state index in [1.54, 1.807) is 32.0 Å². The monoisotopic (exact) mass is 505 g/mol. The van der Waals surface area contributed by atoms with Crippen molar-refractivity contribution in [3.05, 3.63) is 89.0 Å². The maximum Gasteiger partial charge on any atom is 0.342 e. The minimum atomic E-state index is -0.829. The van der Waals surface area contributed by atoms with Gasteiger partial charge in [-0.1, -0.05) is 42.5 Å². The number of carbonyl (C=O) groups is 1. The number of aliphatic hydroxyl groups excluding tert-OH is 1. The van der Waals surface area contributed by atoms with E-state index in [1.165, 1.54) is 0 Å². The summed E-state index contributed by atoms with van der Waals surface area (Å²) in [6, 6.07) is 20.8. The van der Waals surface area contributed by atoms with Crippen LogP contribution >= 0.6 is 0 Å². The average Bonchev–Trinajstić information content (AvgIpc) is 3.34. The Morgan fingerprint density at radius 1 is 1.00 bits per heavy atom. The second-order valence-electron chi connectivity index (χ2n) is 10.1. The van der Waals surface area contributed by atoms with Gasteiger partial charge in [0.2, 0.25) is 6.79 Å². The van der Waals surface area contributed by atoms with E-state index in [9.17, 15) is 9.90 Å². The zero-order chi connectivity index (χ0) is 26.4. The minimum absolute atomic E-state index is 0.245. The van der Waals surface area contributed by atoms with E-state index in [0.717, 1.165) is 29.0 Å². The van der Waals surface area contributed by atoms with Crippen molar-refractivity contribution >= 4 is 5.97 Å². The van der Waals surface area contributed by atoms with Crippen LogP contribution in [-0.4, -0.2) is 36.1 Å². The highest BCUT2D eigenvalue weighted by molar-refractivity contribution is 5.93. The van der Waals surface area contributed by atoms with Gasteiger partial charge in [0, 0.05) is 12.1 Å². The Bertz CT molecular complexity index is 1210. The van der Waals surface area contributed by atoms with E-state index in [4.69, 9.17) is 18.9 Å². The lowest BCUT2D eigenvalue weighted by atomic mass is 9.94. The van der Waals surface area contributed by atoms with Gasteiger partial charge < -0.3 is 29.4 Å². The number of fused-ring (bicyclic) bond motifs is 1. The first-order valence-electron chi connectivity index (χ1n) is 12.5. The van der Waals surface area contributed by atoms with E-state index < -0.39 is 12.1 Å². The van der Waals surface area contributed by atoms with E-state index in [2.05, 4.69) is 19.2 Å². The van der Waals surface area contributed by atoms with Gasteiger partial charge in [-0.3, -0.25) is 0 Å². The highest BCUT2D eigenvalue weighted by Gasteiger charge is 2.23. The maximum atomic E-state index is 12.8. The SMILES string of the molecule is CC(C)OC(=O)c1cc(C(O)CNC(C)(C)Cc2ccc3c(c2)OCO3)ccc1OCc1ccccc1. The van der Waals surface area contributed by atoms with Crippen molar-refractivity contribution in [2.24, 2.45) is 0 Å². The summed E-state index contributed by atoms with van der Waals surface area (Å²) in [5.74, 6) is 1.45. The second kappa shape index (κ2) is 11.7. The third kappa shape index (κ3) is 7.24. The fourth-order valence-corrected chi connectivity index (χ4v) is 4.17. The number of carbonyl (C=O) groups excluding carboxylic acids is 1. The normalized spacial score (nSPS) is 13.5. The van der Waals surface area contributed by atoms with Crippen molar-refractivity contribution in [1.82, 2.24) is 5.32 Å². The molecule has 1 aliphatic heterocycles. The first kappa shape index (κ1) is 26.5. The van der Waals surface area contributed by atoms with Crippen LogP contribution in [0.4, 0.5) is 0 Å². The van der Waals surface area contributed by atoms with Gasteiger partial charge in [0.15, 0.2) is 11.5 Å². The zero-order valence-corrected chi connectivity index (χ0v) is 21.8. The Kier molecular flexibility index (Phi) is 8.36. The molecule has 0 saturated carbocycles. The van der Waals surface area contributed by atoms with Crippen LogP contribution in [0.5, 0.6) is 17.2 Å². The lowest BCUT2D eigenvalue weighted by Crippen LogP contribution is -2.43. The molecule has 0 spiro atoms. The second-order valence-corrected chi connectivity index (χ2v) is 10.1. The molecule has 1 aliphatic rings. The molecule has 37 heavy (non-hydrogen) atoms. The van der Waals surface area contributed by atoms with Crippen LogP contribution in [-0.2, 0) is 17.8 Å². The number of esters is 1. The standard InChI is InChI=1S/C30H35NO6/c1-20(2)37-29(33)24-15-23(11-13-26(24)34-18-21-8-6-5-7-9-21)25(32)17-31-30(3,4)16-22-10-12-27-28(14-22)36-19-35-27/h5-15,20,25,31-32H,16-19H2,1-4H3. The van der Waals surface area contributed by atoms with Crippen molar-refractivity contribution < 1.29 is 28.8 Å². The summed E-state index contributed by atoms with van der Waals surface area (Å²) in [6.07, 6.45) is -0.374. The van der Waals surface area contributed by atoms with Crippen molar-refractivity contribution in [3.8, 4) is 17.2 Å². The van der Waals surface area contributed by atoms with E-state index in [-0.39, 0.29) is 18.4 Å². The Hall–Kier alpha value is -3.55. The predicted octanol–water partition coefficient (Wildman–Crippen LogP) is 5.20. The van der Waals surface area contributed by atoms with Crippen LogP contribution in [0.3, 0.4) is 0 Å². The Labute approximate surface area is 218 Å². The summed E-state index contributed by atoms with van der Waals surface area (Å²) < 4.78 is 22.3. The minimum Gasteiger partial charge on any atom is -0.488 e. The molecule has 0 bridgehead atoms. The molecule has 0 amide bonds. The highest BCUT2D eigenvalue weighted by Crippen LogP contribution is 2.33. The molecule has 0 aliphatic carbocycles. The number of hydrogen-bond acceptors (Lipinski definition) is 7. The molecule has 196 valence electrons. The largest absolute Gasteiger partial charge is 0.488 e. The number of rotatable bonds is 11. The highest BCUT2D eigenvalue weighted by atomic mass is 16.7. The van der Waals surface area contributed by atoms with Gasteiger partial charge in [-0.2, -0.15) is 0 Å². The zero-order valence-electron chi connectivity index (χ0n) is 21.8. The topological polar surface area (TPSA) is 86.3 Å². The van der Waals surface area contributed by atoms with Crippen LogP contribution in [0.1, 0.15) is 60.8 Å². The Morgan fingerprint density at radius 2 is 1.76 bits per heavy atom. The van der Waals surface area contributed by atoms with Gasteiger partial charge in [0.05, 0.1) is 12.2 Å². The third-order valence-corrected chi connectivity index (χ3v) is 6.05. The fraction of sp³-hybridized carbons (Fsp3) is 0.367. The maximum absolute atomic E-state index is 12.8. The molecule has 0 fully saturated rings. The van der Waals surface area contributed by atoms with Crippen LogP contribution in [0.25, 0.3) is 0 Å². The Balaban J connectivity index is 1.43. The third-order valence-electron chi connectivity index (χ3n) is 6.05. The van der Waals surface area contributed by atoms with Gasteiger partial charge in [-0.05, 0) is 75.1 Å². The summed E-state index contributed by atoms with van der Waals surface area (Å²) in [4.78, 5) is 12.8. The molecule has 0 saturated heterocycles. The predicted molar refractivity (Wildman–Crippen MR) is 141 cm³/mol. The number of aliphatic hydroxyl groups is 1. The van der Waals surface area contributed by atoms with Crippen LogP contribution in [0.15, 0.2) is 66.7 Å². The van der Waals surface area contributed by atoms with Crippen LogP contribution < -0.4 is 19.5 Å². The van der Waals surface area contributed by atoms with E-state index in [0.29, 0.717) is 30.0 Å². The number of benzene rings is 3.